The number of hydrogen-bond donors (Lipinski definition) is 1. The third-order valence-corrected chi connectivity index (χ3v) is 3.48. The Labute approximate surface area is 148 Å². The van der Waals surface area contributed by atoms with Gasteiger partial charge in [-0.25, -0.2) is 5.43 Å². The van der Waals surface area contributed by atoms with E-state index in [1.165, 1.54) is 5.56 Å². The van der Waals surface area contributed by atoms with E-state index in [9.17, 15) is 4.79 Å². The fraction of sp³-hybridized carbons (Fsp3) is 0.300. The van der Waals surface area contributed by atoms with Crippen molar-refractivity contribution in [3.8, 4) is 5.75 Å². The number of hydrazone groups is 1. The number of carbonyl (C=O) groups excluding carboxylic acids is 1. The van der Waals surface area contributed by atoms with Gasteiger partial charge in [0.1, 0.15) is 11.5 Å². The number of amides is 1. The van der Waals surface area contributed by atoms with Gasteiger partial charge in [-0.1, -0.05) is 32.9 Å². The van der Waals surface area contributed by atoms with E-state index in [4.69, 9.17) is 9.15 Å². The molecule has 0 aliphatic heterocycles. The highest BCUT2D eigenvalue weighted by atomic mass is 16.5. The fourth-order valence-corrected chi connectivity index (χ4v) is 2.01. The maximum absolute atomic E-state index is 11.8. The summed E-state index contributed by atoms with van der Waals surface area (Å²) in [4.78, 5) is 11.8. The zero-order valence-electron chi connectivity index (χ0n) is 15.1. The van der Waals surface area contributed by atoms with Gasteiger partial charge in [0.25, 0.3) is 5.91 Å². The smallest absolute Gasteiger partial charge is 0.277 e. The molecule has 5 nitrogen and oxygen atoms in total. The number of nitrogens with one attached hydrogen (secondary N) is 1. The quantitative estimate of drug-likeness (QED) is 0.634. The molecule has 2 aromatic rings. The number of benzene rings is 1. The van der Waals surface area contributed by atoms with Gasteiger partial charge in [0, 0.05) is 0 Å². The van der Waals surface area contributed by atoms with Crippen LogP contribution in [0.2, 0.25) is 0 Å². The highest BCUT2D eigenvalue weighted by molar-refractivity contribution is 5.96. The van der Waals surface area contributed by atoms with E-state index in [0.717, 1.165) is 5.76 Å². The van der Waals surface area contributed by atoms with Crippen molar-refractivity contribution in [3.63, 3.8) is 0 Å². The van der Waals surface area contributed by atoms with Crippen LogP contribution in [0, 0.1) is 0 Å². The minimum atomic E-state index is -0.314. The first-order valence-electron chi connectivity index (χ1n) is 8.12. The summed E-state index contributed by atoms with van der Waals surface area (Å²) in [6, 6.07) is 11.4. The summed E-state index contributed by atoms with van der Waals surface area (Å²) in [5, 5.41) is 3.99. The van der Waals surface area contributed by atoms with Crippen molar-refractivity contribution < 1.29 is 13.9 Å². The second-order valence-corrected chi connectivity index (χ2v) is 6.70. The Morgan fingerprint density at radius 2 is 1.96 bits per heavy atom. The molecule has 0 aliphatic carbocycles. The highest BCUT2D eigenvalue weighted by Gasteiger charge is 2.13. The van der Waals surface area contributed by atoms with E-state index < -0.39 is 0 Å². The molecule has 25 heavy (non-hydrogen) atoms. The number of allylic oxidation sites excluding steroid dienone is 1. The minimum absolute atomic E-state index is 0.0886. The largest absolute Gasteiger partial charge is 0.484 e. The predicted molar refractivity (Wildman–Crippen MR) is 99.6 cm³/mol. The molecule has 0 atom stereocenters. The summed E-state index contributed by atoms with van der Waals surface area (Å²) in [6.07, 6.45) is 5.13. The maximum atomic E-state index is 11.8. The Kier molecular flexibility index (Phi) is 6.17. The molecule has 0 bridgehead atoms. The third-order valence-electron chi connectivity index (χ3n) is 3.48. The van der Waals surface area contributed by atoms with Gasteiger partial charge in [-0.3, -0.25) is 4.79 Å². The summed E-state index contributed by atoms with van der Waals surface area (Å²) < 4.78 is 10.6. The van der Waals surface area contributed by atoms with Gasteiger partial charge in [-0.2, -0.15) is 5.10 Å². The lowest BCUT2D eigenvalue weighted by atomic mass is 9.87. The van der Waals surface area contributed by atoms with E-state index in [1.54, 1.807) is 31.4 Å². The molecular formula is C20H24N2O3. The number of ether oxygens (including phenoxy) is 1. The van der Waals surface area contributed by atoms with E-state index >= 15 is 0 Å². The van der Waals surface area contributed by atoms with Gasteiger partial charge >= 0.3 is 0 Å². The Hall–Kier alpha value is -2.82. The number of hydrogen-bond acceptors (Lipinski definition) is 4. The van der Waals surface area contributed by atoms with Gasteiger partial charge in [0.15, 0.2) is 6.61 Å². The first-order chi connectivity index (χ1) is 11.8. The second kappa shape index (κ2) is 8.33. The van der Waals surface area contributed by atoms with E-state index in [-0.39, 0.29) is 17.9 Å². The Morgan fingerprint density at radius 3 is 2.56 bits per heavy atom. The van der Waals surface area contributed by atoms with Crippen LogP contribution in [0.4, 0.5) is 0 Å². The fourth-order valence-electron chi connectivity index (χ4n) is 2.01. The molecule has 0 spiro atoms. The maximum Gasteiger partial charge on any atom is 0.277 e. The predicted octanol–water partition coefficient (Wildman–Crippen LogP) is 4.16. The van der Waals surface area contributed by atoms with Crippen LogP contribution in [0.25, 0.3) is 6.08 Å². The van der Waals surface area contributed by atoms with Crippen LogP contribution < -0.4 is 10.2 Å². The zero-order chi connectivity index (χ0) is 18.3. The summed E-state index contributed by atoms with van der Waals surface area (Å²) in [5.74, 6) is 1.06. The molecule has 0 saturated carbocycles. The van der Waals surface area contributed by atoms with Crippen LogP contribution >= 0.6 is 0 Å². The van der Waals surface area contributed by atoms with Crippen molar-refractivity contribution in [2.75, 3.05) is 6.61 Å². The first kappa shape index (κ1) is 18.5. The lowest BCUT2D eigenvalue weighted by Gasteiger charge is -2.19. The molecular weight excluding hydrogens is 316 g/mol. The van der Waals surface area contributed by atoms with Gasteiger partial charge < -0.3 is 9.15 Å². The standard InChI is InChI=1S/C20H24N2O3/c1-15(7-10-17-6-5-13-24-17)21-22-19(23)14-25-18-11-8-16(9-12-18)20(2,3)4/h5-13H,14H2,1-4H3,(H,22,23)/b10-7+,21-15?. The number of furan rings is 1. The van der Waals surface area contributed by atoms with Gasteiger partial charge in [0.2, 0.25) is 0 Å². The lowest BCUT2D eigenvalue weighted by Crippen LogP contribution is -2.25. The number of nitrogens with zero attached hydrogens (tertiary/aromatic N) is 1. The molecule has 1 aromatic heterocycles. The lowest BCUT2D eigenvalue weighted by molar-refractivity contribution is -0.123. The zero-order valence-corrected chi connectivity index (χ0v) is 15.1. The molecule has 0 saturated heterocycles. The molecule has 1 aromatic carbocycles. The van der Waals surface area contributed by atoms with Crippen LogP contribution in [0.15, 0.2) is 58.3 Å². The molecule has 0 aliphatic rings. The van der Waals surface area contributed by atoms with Crippen molar-refractivity contribution in [3.05, 3.63) is 60.1 Å². The molecule has 1 amide bonds. The van der Waals surface area contributed by atoms with Gasteiger partial charge in [0.05, 0.1) is 12.0 Å². The summed E-state index contributed by atoms with van der Waals surface area (Å²) in [5.41, 5.74) is 4.42. The molecule has 0 fully saturated rings. The summed E-state index contributed by atoms with van der Waals surface area (Å²) in [7, 11) is 0. The van der Waals surface area contributed by atoms with Crippen LogP contribution in [0.5, 0.6) is 5.75 Å². The molecule has 132 valence electrons. The Balaban J connectivity index is 1.79. The van der Waals surface area contributed by atoms with Gasteiger partial charge in [-0.15, -0.1) is 0 Å². The highest BCUT2D eigenvalue weighted by Crippen LogP contribution is 2.24. The van der Waals surface area contributed by atoms with Crippen molar-refractivity contribution in [2.24, 2.45) is 5.10 Å². The molecule has 0 unspecified atom stereocenters. The SMILES string of the molecule is CC(/C=C/c1ccco1)=NNC(=O)COc1ccc(C(C)(C)C)cc1. The van der Waals surface area contributed by atoms with Crippen LogP contribution in [0.1, 0.15) is 39.0 Å². The Morgan fingerprint density at radius 1 is 1.24 bits per heavy atom. The molecule has 1 N–H and O–H groups in total. The topological polar surface area (TPSA) is 63.8 Å². The normalized spacial score (nSPS) is 12.4. The summed E-state index contributed by atoms with van der Waals surface area (Å²) >= 11 is 0. The molecule has 5 heteroatoms. The van der Waals surface area contributed by atoms with E-state index in [0.29, 0.717) is 11.5 Å². The Bertz CT molecular complexity index is 736. The average molecular weight is 340 g/mol. The van der Waals surface area contributed by atoms with Crippen LogP contribution in [0.3, 0.4) is 0 Å². The van der Waals surface area contributed by atoms with E-state index in [2.05, 4.69) is 31.3 Å². The van der Waals surface area contributed by atoms with Crippen molar-refractivity contribution in [2.45, 2.75) is 33.1 Å². The van der Waals surface area contributed by atoms with Crippen molar-refractivity contribution in [1.82, 2.24) is 5.43 Å². The number of carbonyl (C=O) groups is 1. The molecule has 0 radical (unpaired) electrons. The first-order valence-corrected chi connectivity index (χ1v) is 8.12. The van der Waals surface area contributed by atoms with Crippen LogP contribution in [-0.4, -0.2) is 18.2 Å². The average Bonchev–Trinajstić information content (AvgIpc) is 3.09. The van der Waals surface area contributed by atoms with Gasteiger partial charge in [-0.05, 0) is 54.3 Å². The third kappa shape index (κ3) is 6.30. The van der Waals surface area contributed by atoms with E-state index in [1.807, 2.05) is 30.3 Å². The second-order valence-electron chi connectivity index (χ2n) is 6.70. The minimum Gasteiger partial charge on any atom is -0.484 e. The monoisotopic (exact) mass is 340 g/mol. The van der Waals surface area contributed by atoms with Crippen molar-refractivity contribution >= 4 is 17.7 Å². The molecule has 1 heterocycles. The summed E-state index contributed by atoms with van der Waals surface area (Å²) in [6.45, 7) is 8.14. The van der Waals surface area contributed by atoms with Crippen molar-refractivity contribution in [1.29, 1.82) is 0 Å². The van der Waals surface area contributed by atoms with Crippen LogP contribution in [-0.2, 0) is 10.2 Å². The molecule has 2 rings (SSSR count). The number of rotatable bonds is 6.